The minimum atomic E-state index is -0.187. The van der Waals surface area contributed by atoms with Crippen molar-refractivity contribution in [1.82, 2.24) is 15.1 Å². The highest BCUT2D eigenvalue weighted by Crippen LogP contribution is 2.49. The summed E-state index contributed by atoms with van der Waals surface area (Å²) in [6, 6.07) is 4.31. The van der Waals surface area contributed by atoms with E-state index in [9.17, 15) is 4.79 Å². The van der Waals surface area contributed by atoms with E-state index in [2.05, 4.69) is 42.0 Å². The molecule has 1 spiro atoms. The molecule has 3 aliphatic rings. The summed E-state index contributed by atoms with van der Waals surface area (Å²) in [4.78, 5) is 16.6. The number of carbonyl (C=O) groups excluding carboxylic acids is 1. The summed E-state index contributed by atoms with van der Waals surface area (Å²) in [6.45, 7) is 10.9. The third-order valence-corrected chi connectivity index (χ3v) is 7.30. The third kappa shape index (κ3) is 3.60. The van der Waals surface area contributed by atoms with Gasteiger partial charge in [-0.1, -0.05) is 37.4 Å². The van der Waals surface area contributed by atoms with Crippen molar-refractivity contribution in [3.8, 4) is 0 Å². The fourth-order valence-corrected chi connectivity index (χ4v) is 5.82. The van der Waals surface area contributed by atoms with Crippen LogP contribution in [0.4, 0.5) is 5.69 Å². The highest BCUT2D eigenvalue weighted by molar-refractivity contribution is 6.34. The molecule has 1 saturated heterocycles. The molecular formula is C24H31ClN4O2. The number of nitrogens with zero attached hydrogens (tertiary/aromatic N) is 2. The zero-order valence-electron chi connectivity index (χ0n) is 18.4. The van der Waals surface area contributed by atoms with Crippen molar-refractivity contribution in [2.75, 3.05) is 25.0 Å². The molecule has 0 unspecified atom stereocenters. The van der Waals surface area contributed by atoms with Gasteiger partial charge in [0.1, 0.15) is 11.3 Å². The molecule has 1 saturated carbocycles. The number of rotatable bonds is 3. The largest absolute Gasteiger partial charge is 0.459 e. The van der Waals surface area contributed by atoms with Gasteiger partial charge in [-0.05, 0) is 38.8 Å². The number of hydrogen-bond acceptors (Lipinski definition) is 5. The first-order valence-electron chi connectivity index (χ1n) is 11.4. The Kier molecular flexibility index (Phi) is 5.18. The van der Waals surface area contributed by atoms with Crippen LogP contribution in [0.2, 0.25) is 5.02 Å². The van der Waals surface area contributed by atoms with Crippen LogP contribution in [-0.2, 0) is 16.9 Å². The van der Waals surface area contributed by atoms with E-state index in [0.717, 1.165) is 59.7 Å². The lowest BCUT2D eigenvalue weighted by Gasteiger charge is -2.44. The second kappa shape index (κ2) is 7.75. The lowest BCUT2D eigenvalue weighted by atomic mass is 9.74. The molecule has 0 atom stereocenters. The summed E-state index contributed by atoms with van der Waals surface area (Å²) < 4.78 is 6.46. The molecule has 1 amide bonds. The van der Waals surface area contributed by atoms with Crippen molar-refractivity contribution < 1.29 is 9.21 Å². The van der Waals surface area contributed by atoms with Crippen LogP contribution in [0.15, 0.2) is 28.9 Å². The van der Waals surface area contributed by atoms with Crippen molar-refractivity contribution in [3.05, 3.63) is 40.9 Å². The Hall–Kier alpha value is -2.18. The minimum absolute atomic E-state index is 0.186. The van der Waals surface area contributed by atoms with Crippen molar-refractivity contribution in [1.29, 1.82) is 0 Å². The highest BCUT2D eigenvalue weighted by atomic mass is 35.5. The molecule has 2 aromatic rings. The van der Waals surface area contributed by atoms with E-state index in [1.54, 1.807) is 0 Å². The predicted octanol–water partition coefficient (Wildman–Crippen LogP) is 4.78. The highest BCUT2D eigenvalue weighted by Gasteiger charge is 2.42. The molecule has 2 aliphatic heterocycles. The second-order valence-electron chi connectivity index (χ2n) is 9.50. The molecule has 3 heterocycles. The molecule has 1 aromatic heterocycles. The molecule has 0 bridgehead atoms. The molecule has 7 heteroatoms. The minimum Gasteiger partial charge on any atom is -0.459 e. The quantitative estimate of drug-likeness (QED) is 0.716. The maximum Gasteiger partial charge on any atom is 0.237 e. The van der Waals surface area contributed by atoms with E-state index in [1.807, 2.05) is 11.0 Å². The number of piperazine rings is 1. The number of benzene rings is 1. The van der Waals surface area contributed by atoms with Crippen LogP contribution in [0, 0.1) is 0 Å². The summed E-state index contributed by atoms with van der Waals surface area (Å²) in [6.07, 6.45) is 5.67. The Morgan fingerprint density at radius 1 is 1.23 bits per heavy atom. The summed E-state index contributed by atoms with van der Waals surface area (Å²) in [7, 11) is 0. The van der Waals surface area contributed by atoms with E-state index in [1.165, 1.54) is 19.3 Å². The number of carbonyl (C=O) groups is 1. The van der Waals surface area contributed by atoms with E-state index in [0.29, 0.717) is 18.1 Å². The van der Waals surface area contributed by atoms with Crippen LogP contribution in [0.5, 0.6) is 0 Å². The predicted molar refractivity (Wildman–Crippen MR) is 124 cm³/mol. The number of furan rings is 1. The fraction of sp³-hybridized carbons (Fsp3) is 0.542. The van der Waals surface area contributed by atoms with Gasteiger partial charge in [0.15, 0.2) is 0 Å². The first-order chi connectivity index (χ1) is 14.9. The van der Waals surface area contributed by atoms with Gasteiger partial charge in [0.05, 0.1) is 35.2 Å². The van der Waals surface area contributed by atoms with E-state index < -0.39 is 0 Å². The summed E-state index contributed by atoms with van der Waals surface area (Å²) in [5.41, 5.74) is 2.76. The number of hydrogen-bond donors (Lipinski definition) is 2. The first-order valence-corrected chi connectivity index (χ1v) is 11.8. The average Bonchev–Trinajstić information content (AvgIpc) is 3.10. The topological polar surface area (TPSA) is 60.8 Å². The van der Waals surface area contributed by atoms with Crippen LogP contribution in [0.1, 0.15) is 57.3 Å². The molecule has 1 aromatic carbocycles. The van der Waals surface area contributed by atoms with Gasteiger partial charge in [-0.2, -0.15) is 0 Å². The number of anilines is 1. The lowest BCUT2D eigenvalue weighted by molar-refractivity contribution is -0.138. The van der Waals surface area contributed by atoms with Crippen molar-refractivity contribution in [2.24, 2.45) is 0 Å². The monoisotopic (exact) mass is 442 g/mol. The zero-order chi connectivity index (χ0) is 21.8. The van der Waals surface area contributed by atoms with E-state index in [-0.39, 0.29) is 17.5 Å². The summed E-state index contributed by atoms with van der Waals surface area (Å²) in [5.74, 6) is 1.86. The Morgan fingerprint density at radius 2 is 2.00 bits per heavy atom. The summed E-state index contributed by atoms with van der Waals surface area (Å²) >= 11 is 6.72. The Morgan fingerprint density at radius 3 is 2.71 bits per heavy atom. The average molecular weight is 443 g/mol. The first kappa shape index (κ1) is 20.7. The van der Waals surface area contributed by atoms with Gasteiger partial charge in [-0.25, -0.2) is 0 Å². The van der Waals surface area contributed by atoms with Crippen molar-refractivity contribution in [2.45, 2.75) is 64.1 Å². The standard InChI is InChI=1S/C24H31ClN4O2/c1-15(2)29-10-9-28(14-20(29)30)13-18-11-17-12-19(25)22-21(23(17)31-18)24(27-16(3)26-22)7-5-4-6-8-24/h11-12,15,26-27H,3-10,13-14H2,1-2H3. The number of amides is 1. The molecule has 0 radical (unpaired) electrons. The van der Waals surface area contributed by atoms with Gasteiger partial charge in [0, 0.05) is 30.1 Å². The van der Waals surface area contributed by atoms with Crippen molar-refractivity contribution in [3.63, 3.8) is 0 Å². The fourth-order valence-electron chi connectivity index (χ4n) is 5.56. The molecule has 5 rings (SSSR count). The molecule has 2 fully saturated rings. The number of fused-ring (bicyclic) bond motifs is 4. The molecule has 166 valence electrons. The van der Waals surface area contributed by atoms with Gasteiger partial charge >= 0.3 is 0 Å². The normalized spacial score (nSPS) is 21.5. The van der Waals surface area contributed by atoms with Crippen LogP contribution >= 0.6 is 11.6 Å². The Bertz CT molecular complexity index is 1040. The van der Waals surface area contributed by atoms with E-state index in [4.69, 9.17) is 16.0 Å². The molecule has 6 nitrogen and oxygen atoms in total. The molecule has 1 aliphatic carbocycles. The second-order valence-corrected chi connectivity index (χ2v) is 9.91. The molecular weight excluding hydrogens is 412 g/mol. The SMILES string of the molecule is C=C1Nc2c(Cl)cc3cc(CN4CCN(C(C)C)C(=O)C4)oc3c2C2(CCCCC2)N1. The van der Waals surface area contributed by atoms with Crippen LogP contribution in [-0.4, -0.2) is 41.4 Å². The Balaban J connectivity index is 1.49. The van der Waals surface area contributed by atoms with Crippen LogP contribution in [0.3, 0.4) is 0 Å². The van der Waals surface area contributed by atoms with Crippen LogP contribution < -0.4 is 10.6 Å². The maximum absolute atomic E-state index is 12.5. The maximum atomic E-state index is 12.5. The van der Waals surface area contributed by atoms with Gasteiger partial charge < -0.3 is 20.0 Å². The van der Waals surface area contributed by atoms with Gasteiger partial charge in [-0.3, -0.25) is 9.69 Å². The van der Waals surface area contributed by atoms with Gasteiger partial charge in [-0.15, -0.1) is 0 Å². The van der Waals surface area contributed by atoms with Gasteiger partial charge in [0.2, 0.25) is 5.91 Å². The van der Waals surface area contributed by atoms with E-state index >= 15 is 0 Å². The zero-order valence-corrected chi connectivity index (χ0v) is 19.1. The summed E-state index contributed by atoms with van der Waals surface area (Å²) in [5, 5.41) is 8.70. The van der Waals surface area contributed by atoms with Crippen molar-refractivity contribution >= 4 is 34.2 Å². The molecule has 31 heavy (non-hydrogen) atoms. The third-order valence-electron chi connectivity index (χ3n) is 7.00. The molecule has 2 N–H and O–H groups in total. The van der Waals surface area contributed by atoms with Crippen LogP contribution in [0.25, 0.3) is 11.0 Å². The Labute approximate surface area is 188 Å². The lowest BCUT2D eigenvalue weighted by Crippen LogP contribution is -2.52. The van der Waals surface area contributed by atoms with Gasteiger partial charge in [0.25, 0.3) is 0 Å². The number of nitrogens with one attached hydrogen (secondary N) is 2. The number of halogens is 1. The smallest absolute Gasteiger partial charge is 0.237 e.